The van der Waals surface area contributed by atoms with Gasteiger partial charge in [-0.3, -0.25) is 4.79 Å². The van der Waals surface area contributed by atoms with Gasteiger partial charge in [-0.2, -0.15) is 0 Å². The molecule has 2 rings (SSSR count). The SMILES string of the molecule is CS(=O)(=O)C1CCN(C(=O)Cc2c(F)cccc2Cl)C1. The van der Waals surface area contributed by atoms with Gasteiger partial charge in [0.05, 0.1) is 11.7 Å². The number of hydrogen-bond acceptors (Lipinski definition) is 3. The van der Waals surface area contributed by atoms with Crippen molar-refractivity contribution in [3.63, 3.8) is 0 Å². The number of rotatable bonds is 3. The highest BCUT2D eigenvalue weighted by molar-refractivity contribution is 7.91. The summed E-state index contributed by atoms with van der Waals surface area (Å²) in [6.45, 7) is 0.548. The van der Waals surface area contributed by atoms with E-state index in [9.17, 15) is 17.6 Å². The maximum Gasteiger partial charge on any atom is 0.227 e. The van der Waals surface area contributed by atoms with Crippen LogP contribution in [0.1, 0.15) is 12.0 Å². The van der Waals surface area contributed by atoms with Crippen LogP contribution in [-0.4, -0.2) is 43.8 Å². The van der Waals surface area contributed by atoms with Crippen molar-refractivity contribution in [3.05, 3.63) is 34.6 Å². The maximum atomic E-state index is 13.6. The Bertz CT molecular complexity index is 612. The lowest BCUT2D eigenvalue weighted by molar-refractivity contribution is -0.129. The first kappa shape index (κ1) is 15.3. The van der Waals surface area contributed by atoms with Gasteiger partial charge in [0.15, 0.2) is 9.84 Å². The summed E-state index contributed by atoms with van der Waals surface area (Å²) in [7, 11) is -3.15. The molecule has 4 nitrogen and oxygen atoms in total. The number of carbonyl (C=O) groups excluding carboxylic acids is 1. The van der Waals surface area contributed by atoms with Gasteiger partial charge in [0.25, 0.3) is 0 Å². The summed E-state index contributed by atoms with van der Waals surface area (Å²) in [5.74, 6) is -0.826. The molecule has 110 valence electrons. The van der Waals surface area contributed by atoms with Crippen molar-refractivity contribution >= 4 is 27.3 Å². The third kappa shape index (κ3) is 3.30. The van der Waals surface area contributed by atoms with Crippen molar-refractivity contribution < 1.29 is 17.6 Å². The van der Waals surface area contributed by atoms with Gasteiger partial charge in [0.2, 0.25) is 5.91 Å². The normalized spacial score (nSPS) is 19.4. The molecule has 1 fully saturated rings. The molecule has 0 aliphatic carbocycles. The molecule has 1 atom stereocenters. The van der Waals surface area contributed by atoms with Gasteiger partial charge in [-0.25, -0.2) is 12.8 Å². The minimum atomic E-state index is -3.15. The average Bonchev–Trinajstić information content (AvgIpc) is 2.83. The van der Waals surface area contributed by atoms with E-state index >= 15 is 0 Å². The zero-order valence-corrected chi connectivity index (χ0v) is 12.5. The number of benzene rings is 1. The third-order valence-corrected chi connectivity index (χ3v) is 5.44. The van der Waals surface area contributed by atoms with Crippen molar-refractivity contribution in [1.82, 2.24) is 4.90 Å². The predicted octanol–water partition coefficient (Wildman–Crippen LogP) is 1.67. The highest BCUT2D eigenvalue weighted by Crippen LogP contribution is 2.22. The number of halogens is 2. The van der Waals surface area contributed by atoms with Crippen LogP contribution in [0.15, 0.2) is 18.2 Å². The van der Waals surface area contributed by atoms with Crippen LogP contribution in [0.5, 0.6) is 0 Å². The Kier molecular flexibility index (Phi) is 4.34. The summed E-state index contributed by atoms with van der Waals surface area (Å²) in [6, 6.07) is 4.25. The van der Waals surface area contributed by atoms with Crippen molar-refractivity contribution in [3.8, 4) is 0 Å². The van der Waals surface area contributed by atoms with E-state index in [1.807, 2.05) is 0 Å². The molecule has 1 aromatic rings. The summed E-state index contributed by atoms with van der Waals surface area (Å²) in [4.78, 5) is 13.6. The third-order valence-electron chi connectivity index (χ3n) is 3.49. The van der Waals surface area contributed by atoms with Crippen molar-refractivity contribution in [2.24, 2.45) is 0 Å². The molecule has 0 spiro atoms. The largest absolute Gasteiger partial charge is 0.341 e. The van der Waals surface area contributed by atoms with Crippen LogP contribution in [-0.2, 0) is 21.1 Å². The second-order valence-corrected chi connectivity index (χ2v) is 7.69. The molecule has 1 saturated heterocycles. The number of likely N-dealkylation sites (tertiary alicyclic amines) is 1. The lowest BCUT2D eigenvalue weighted by atomic mass is 10.1. The van der Waals surface area contributed by atoms with E-state index in [0.29, 0.717) is 13.0 Å². The molecular weight excluding hydrogens is 305 g/mol. The maximum absolute atomic E-state index is 13.6. The Balaban J connectivity index is 2.07. The van der Waals surface area contributed by atoms with Crippen LogP contribution in [0.2, 0.25) is 5.02 Å². The first-order valence-corrected chi connectivity index (χ1v) is 8.52. The van der Waals surface area contributed by atoms with E-state index < -0.39 is 20.9 Å². The van der Waals surface area contributed by atoms with E-state index in [-0.39, 0.29) is 29.5 Å². The molecule has 0 saturated carbocycles. The highest BCUT2D eigenvalue weighted by atomic mass is 35.5. The van der Waals surface area contributed by atoms with E-state index in [0.717, 1.165) is 0 Å². The van der Waals surface area contributed by atoms with E-state index in [4.69, 9.17) is 11.6 Å². The van der Waals surface area contributed by atoms with Gasteiger partial charge in [-0.1, -0.05) is 17.7 Å². The lowest BCUT2D eigenvalue weighted by Crippen LogP contribution is -2.32. The van der Waals surface area contributed by atoms with Crippen molar-refractivity contribution in [2.45, 2.75) is 18.1 Å². The number of carbonyl (C=O) groups is 1. The molecule has 1 unspecified atom stereocenters. The molecule has 0 aromatic heterocycles. The first-order valence-electron chi connectivity index (χ1n) is 6.18. The zero-order valence-electron chi connectivity index (χ0n) is 11.0. The number of amides is 1. The second kappa shape index (κ2) is 5.69. The molecule has 1 aliphatic heterocycles. The molecule has 1 heterocycles. The van der Waals surface area contributed by atoms with Crippen LogP contribution in [0, 0.1) is 5.82 Å². The molecule has 20 heavy (non-hydrogen) atoms. The quantitative estimate of drug-likeness (QED) is 0.851. The van der Waals surface area contributed by atoms with Crippen LogP contribution in [0.3, 0.4) is 0 Å². The smallest absolute Gasteiger partial charge is 0.227 e. The highest BCUT2D eigenvalue weighted by Gasteiger charge is 2.32. The van der Waals surface area contributed by atoms with Gasteiger partial charge in [0.1, 0.15) is 5.82 Å². The van der Waals surface area contributed by atoms with Crippen LogP contribution < -0.4 is 0 Å². The van der Waals surface area contributed by atoms with Gasteiger partial charge in [-0.15, -0.1) is 0 Å². The minimum Gasteiger partial charge on any atom is -0.341 e. The fraction of sp³-hybridized carbons (Fsp3) is 0.462. The summed E-state index contributed by atoms with van der Waals surface area (Å²) in [5.41, 5.74) is 0.155. The lowest BCUT2D eigenvalue weighted by Gasteiger charge is -2.16. The fourth-order valence-corrected chi connectivity index (χ4v) is 3.48. The second-order valence-electron chi connectivity index (χ2n) is 4.96. The summed E-state index contributed by atoms with van der Waals surface area (Å²) in [6.07, 6.45) is 1.44. The molecule has 1 aromatic carbocycles. The fourth-order valence-electron chi connectivity index (χ4n) is 2.27. The Labute approximate surface area is 122 Å². The predicted molar refractivity (Wildman–Crippen MR) is 74.9 cm³/mol. The zero-order chi connectivity index (χ0) is 14.9. The van der Waals surface area contributed by atoms with Crippen molar-refractivity contribution in [1.29, 1.82) is 0 Å². The molecule has 7 heteroatoms. The van der Waals surface area contributed by atoms with Crippen LogP contribution in [0.25, 0.3) is 0 Å². The molecule has 1 aliphatic rings. The van der Waals surface area contributed by atoms with Crippen molar-refractivity contribution in [2.75, 3.05) is 19.3 Å². The van der Waals surface area contributed by atoms with Crippen LogP contribution >= 0.6 is 11.6 Å². The minimum absolute atomic E-state index is 0.151. The topological polar surface area (TPSA) is 54.5 Å². The van der Waals surface area contributed by atoms with Gasteiger partial charge in [-0.05, 0) is 18.6 Å². The molecule has 0 radical (unpaired) electrons. The van der Waals surface area contributed by atoms with Gasteiger partial charge in [0, 0.05) is 29.9 Å². The molecule has 1 amide bonds. The van der Waals surface area contributed by atoms with E-state index in [2.05, 4.69) is 0 Å². The summed E-state index contributed by atoms with van der Waals surface area (Å²) in [5, 5.41) is -0.320. The Morgan fingerprint density at radius 2 is 2.20 bits per heavy atom. The molecule has 0 N–H and O–H groups in total. The standard InChI is InChI=1S/C13H15ClFNO3S/c1-20(18,19)9-5-6-16(8-9)13(17)7-10-11(14)3-2-4-12(10)15/h2-4,9H,5-8H2,1H3. The monoisotopic (exact) mass is 319 g/mol. The Hall–Kier alpha value is -1.14. The number of sulfone groups is 1. The van der Waals surface area contributed by atoms with E-state index in [1.165, 1.54) is 29.4 Å². The average molecular weight is 320 g/mol. The molecular formula is C13H15ClFNO3S. The van der Waals surface area contributed by atoms with Gasteiger partial charge < -0.3 is 4.90 Å². The van der Waals surface area contributed by atoms with E-state index in [1.54, 1.807) is 0 Å². The Morgan fingerprint density at radius 1 is 1.50 bits per heavy atom. The summed E-state index contributed by atoms with van der Waals surface area (Å²) < 4.78 is 36.5. The first-order chi connectivity index (χ1) is 9.29. The van der Waals surface area contributed by atoms with Crippen LogP contribution in [0.4, 0.5) is 4.39 Å². The Morgan fingerprint density at radius 3 is 2.75 bits per heavy atom. The molecule has 0 bridgehead atoms. The summed E-state index contributed by atoms with van der Waals surface area (Å²) >= 11 is 5.87. The number of hydrogen-bond donors (Lipinski definition) is 0. The van der Waals surface area contributed by atoms with Gasteiger partial charge >= 0.3 is 0 Å². The number of nitrogens with zero attached hydrogens (tertiary/aromatic N) is 1.